The molecule has 2 aliphatic rings. The minimum atomic E-state index is 0.443. The van der Waals surface area contributed by atoms with Crippen LogP contribution in [0.25, 0.3) is 0 Å². The molecule has 1 heterocycles. The molecule has 1 amide bonds. The van der Waals surface area contributed by atoms with E-state index >= 15 is 0 Å². The first-order valence-electron chi connectivity index (χ1n) is 7.50. The molecule has 3 nitrogen and oxygen atoms in total. The van der Waals surface area contributed by atoms with Crippen LogP contribution in [0.4, 0.5) is 0 Å². The van der Waals surface area contributed by atoms with Gasteiger partial charge in [0.25, 0.3) is 0 Å². The smallest absolute Gasteiger partial charge is 0.209 e. The van der Waals surface area contributed by atoms with Gasteiger partial charge in [-0.25, -0.2) is 0 Å². The molecule has 0 bridgehead atoms. The summed E-state index contributed by atoms with van der Waals surface area (Å²) in [6.07, 6.45) is 6.00. The van der Waals surface area contributed by atoms with Gasteiger partial charge >= 0.3 is 0 Å². The summed E-state index contributed by atoms with van der Waals surface area (Å²) in [6, 6.07) is 6.58. The largest absolute Gasteiger partial charge is 0.496 e. The minimum absolute atomic E-state index is 0.443. The van der Waals surface area contributed by atoms with E-state index in [9.17, 15) is 4.79 Å². The first kappa shape index (κ1) is 13.5. The van der Waals surface area contributed by atoms with Gasteiger partial charge in [-0.2, -0.15) is 0 Å². The Balaban J connectivity index is 1.64. The molecule has 0 atom stereocenters. The SMILES string of the molecule is COc1ccc(C2CCC3(CC2)CN(C=O)C3)cc1C. The molecule has 0 aromatic heterocycles. The van der Waals surface area contributed by atoms with Gasteiger partial charge in [-0.1, -0.05) is 12.1 Å². The topological polar surface area (TPSA) is 29.5 Å². The van der Waals surface area contributed by atoms with E-state index in [0.717, 1.165) is 25.2 Å². The van der Waals surface area contributed by atoms with E-state index in [-0.39, 0.29) is 0 Å². The number of carbonyl (C=O) groups excluding carboxylic acids is 1. The first-order valence-corrected chi connectivity index (χ1v) is 7.50. The molecule has 1 spiro atoms. The molecular weight excluding hydrogens is 250 g/mol. The van der Waals surface area contributed by atoms with Gasteiger partial charge < -0.3 is 9.64 Å². The molecule has 1 aliphatic heterocycles. The van der Waals surface area contributed by atoms with Crippen molar-refractivity contribution in [2.24, 2.45) is 5.41 Å². The van der Waals surface area contributed by atoms with Crippen molar-refractivity contribution in [1.29, 1.82) is 0 Å². The summed E-state index contributed by atoms with van der Waals surface area (Å²) >= 11 is 0. The van der Waals surface area contributed by atoms with E-state index in [1.54, 1.807) is 7.11 Å². The summed E-state index contributed by atoms with van der Waals surface area (Å²) in [5, 5.41) is 0. The summed E-state index contributed by atoms with van der Waals surface area (Å²) in [7, 11) is 1.72. The van der Waals surface area contributed by atoms with Gasteiger partial charge in [0.2, 0.25) is 6.41 Å². The maximum absolute atomic E-state index is 10.7. The monoisotopic (exact) mass is 273 g/mol. The highest BCUT2D eigenvalue weighted by atomic mass is 16.5. The number of likely N-dealkylation sites (tertiary alicyclic amines) is 1. The van der Waals surface area contributed by atoms with Gasteiger partial charge in [0, 0.05) is 18.5 Å². The molecule has 3 rings (SSSR count). The number of hydrogen-bond acceptors (Lipinski definition) is 2. The Morgan fingerprint density at radius 2 is 2.00 bits per heavy atom. The molecule has 3 heteroatoms. The molecule has 1 aromatic carbocycles. The number of aryl methyl sites for hydroxylation is 1. The Bertz CT molecular complexity index is 496. The van der Waals surface area contributed by atoms with Crippen molar-refractivity contribution in [2.75, 3.05) is 20.2 Å². The highest BCUT2D eigenvalue weighted by Crippen LogP contribution is 2.48. The molecular formula is C17H23NO2. The summed E-state index contributed by atoms with van der Waals surface area (Å²) in [5.74, 6) is 1.65. The fraction of sp³-hybridized carbons (Fsp3) is 0.588. The average Bonchev–Trinajstić information content (AvgIpc) is 2.44. The van der Waals surface area contributed by atoms with Crippen molar-refractivity contribution in [2.45, 2.75) is 38.5 Å². The molecule has 2 fully saturated rings. The lowest BCUT2D eigenvalue weighted by atomic mass is 9.65. The Kier molecular flexibility index (Phi) is 3.45. The van der Waals surface area contributed by atoms with Crippen LogP contribution in [-0.2, 0) is 4.79 Å². The fourth-order valence-corrected chi connectivity index (χ4v) is 3.93. The van der Waals surface area contributed by atoms with E-state index in [4.69, 9.17) is 4.74 Å². The number of amides is 1. The molecule has 1 aromatic rings. The molecule has 1 aliphatic carbocycles. The molecule has 20 heavy (non-hydrogen) atoms. The number of benzene rings is 1. The van der Waals surface area contributed by atoms with Crippen molar-refractivity contribution >= 4 is 6.41 Å². The zero-order valence-corrected chi connectivity index (χ0v) is 12.4. The minimum Gasteiger partial charge on any atom is -0.496 e. The normalized spacial score (nSPS) is 21.6. The molecule has 0 radical (unpaired) electrons. The number of nitrogens with zero attached hydrogens (tertiary/aromatic N) is 1. The van der Waals surface area contributed by atoms with Crippen LogP contribution < -0.4 is 4.74 Å². The van der Waals surface area contributed by atoms with Crippen LogP contribution in [0.1, 0.15) is 42.7 Å². The maximum atomic E-state index is 10.7. The maximum Gasteiger partial charge on any atom is 0.209 e. The van der Waals surface area contributed by atoms with Crippen molar-refractivity contribution in [3.8, 4) is 5.75 Å². The van der Waals surface area contributed by atoms with Crippen LogP contribution in [0.2, 0.25) is 0 Å². The second-order valence-corrected chi connectivity index (χ2v) is 6.51. The molecule has 0 unspecified atom stereocenters. The van der Waals surface area contributed by atoms with E-state index < -0.39 is 0 Å². The third-order valence-electron chi connectivity index (χ3n) is 5.16. The van der Waals surface area contributed by atoms with Gasteiger partial charge in [-0.15, -0.1) is 0 Å². The van der Waals surface area contributed by atoms with Crippen LogP contribution in [0, 0.1) is 12.3 Å². The predicted octanol–water partition coefficient (Wildman–Crippen LogP) is 3.12. The zero-order chi connectivity index (χ0) is 14.2. The van der Waals surface area contributed by atoms with Crippen LogP contribution in [-0.4, -0.2) is 31.5 Å². The van der Waals surface area contributed by atoms with Crippen molar-refractivity contribution in [3.05, 3.63) is 29.3 Å². The highest BCUT2D eigenvalue weighted by Gasteiger charge is 2.44. The van der Waals surface area contributed by atoms with Crippen LogP contribution in [0.5, 0.6) is 5.75 Å². The summed E-state index contributed by atoms with van der Waals surface area (Å²) < 4.78 is 5.33. The summed E-state index contributed by atoms with van der Waals surface area (Å²) in [6.45, 7) is 4.07. The highest BCUT2D eigenvalue weighted by molar-refractivity contribution is 5.49. The number of methoxy groups -OCH3 is 1. The lowest BCUT2D eigenvalue weighted by Gasteiger charge is -2.52. The van der Waals surface area contributed by atoms with Crippen molar-refractivity contribution in [1.82, 2.24) is 4.90 Å². The number of rotatable bonds is 3. The number of ether oxygens (including phenoxy) is 1. The van der Waals surface area contributed by atoms with E-state index in [2.05, 4.69) is 25.1 Å². The first-order chi connectivity index (χ1) is 9.65. The molecule has 108 valence electrons. The predicted molar refractivity (Wildman–Crippen MR) is 79.0 cm³/mol. The van der Waals surface area contributed by atoms with Crippen LogP contribution >= 0.6 is 0 Å². The third-order valence-corrected chi connectivity index (χ3v) is 5.16. The van der Waals surface area contributed by atoms with Crippen LogP contribution in [0.3, 0.4) is 0 Å². The van der Waals surface area contributed by atoms with Gasteiger partial charge in [-0.05, 0) is 55.7 Å². The van der Waals surface area contributed by atoms with Gasteiger partial charge in [0.1, 0.15) is 5.75 Å². The summed E-state index contributed by atoms with van der Waals surface area (Å²) in [5.41, 5.74) is 3.12. The van der Waals surface area contributed by atoms with E-state index in [1.807, 2.05) is 4.90 Å². The molecule has 1 saturated carbocycles. The van der Waals surface area contributed by atoms with Crippen molar-refractivity contribution < 1.29 is 9.53 Å². The molecule has 0 N–H and O–H groups in total. The standard InChI is InChI=1S/C17H23NO2/c1-13-9-15(3-4-16(13)20-2)14-5-7-17(8-6-14)10-18(11-17)12-19/h3-4,9,12,14H,5-8,10-11H2,1-2H3. The van der Waals surface area contributed by atoms with E-state index in [1.165, 1.54) is 36.8 Å². The quantitative estimate of drug-likeness (QED) is 0.792. The van der Waals surface area contributed by atoms with Gasteiger partial charge in [-0.3, -0.25) is 4.79 Å². The lowest BCUT2D eigenvalue weighted by Crippen LogP contribution is -2.56. The van der Waals surface area contributed by atoms with Crippen molar-refractivity contribution in [3.63, 3.8) is 0 Å². The molecule has 1 saturated heterocycles. The Morgan fingerprint density at radius 1 is 1.30 bits per heavy atom. The van der Waals surface area contributed by atoms with Gasteiger partial charge in [0.05, 0.1) is 7.11 Å². The lowest BCUT2D eigenvalue weighted by molar-refractivity contribution is -0.131. The fourth-order valence-electron chi connectivity index (χ4n) is 3.93. The second-order valence-electron chi connectivity index (χ2n) is 6.51. The second kappa shape index (κ2) is 5.12. The van der Waals surface area contributed by atoms with E-state index in [0.29, 0.717) is 11.3 Å². The number of hydrogen-bond donors (Lipinski definition) is 0. The number of carbonyl (C=O) groups is 1. The Labute approximate surface area is 120 Å². The Hall–Kier alpha value is -1.51. The Morgan fingerprint density at radius 3 is 2.55 bits per heavy atom. The zero-order valence-electron chi connectivity index (χ0n) is 12.4. The van der Waals surface area contributed by atoms with Crippen LogP contribution in [0.15, 0.2) is 18.2 Å². The summed E-state index contributed by atoms with van der Waals surface area (Å²) in [4.78, 5) is 12.6. The third kappa shape index (κ3) is 2.30. The average molecular weight is 273 g/mol. The van der Waals surface area contributed by atoms with Gasteiger partial charge in [0.15, 0.2) is 0 Å².